The van der Waals surface area contributed by atoms with Gasteiger partial charge < -0.3 is 19.4 Å². The van der Waals surface area contributed by atoms with Crippen molar-refractivity contribution in [1.29, 1.82) is 0 Å². The fourth-order valence-corrected chi connectivity index (χ4v) is 8.95. The number of amides is 1. The number of carbonyl (C=O) groups is 1. The van der Waals surface area contributed by atoms with Crippen LogP contribution in [0.5, 0.6) is 5.75 Å². The van der Waals surface area contributed by atoms with E-state index in [-0.39, 0.29) is 35.4 Å². The molecule has 50 heavy (non-hydrogen) atoms. The molecule has 0 radical (unpaired) electrons. The second-order valence-electron chi connectivity index (χ2n) is 13.1. The van der Waals surface area contributed by atoms with Crippen LogP contribution >= 0.6 is 11.3 Å². The van der Waals surface area contributed by atoms with Crippen LogP contribution in [-0.2, 0) is 19.3 Å². The van der Waals surface area contributed by atoms with Crippen molar-refractivity contribution in [3.8, 4) is 27.6 Å². The predicted molar refractivity (Wildman–Crippen MR) is 185 cm³/mol. The average molecular weight is 691 g/mol. The van der Waals surface area contributed by atoms with Gasteiger partial charge in [0.15, 0.2) is 11.6 Å². The molecule has 6 aromatic rings. The van der Waals surface area contributed by atoms with Crippen molar-refractivity contribution in [2.75, 3.05) is 19.0 Å². The Kier molecular flexibility index (Phi) is 7.38. The Bertz CT molecular complexity index is 2320. The lowest BCUT2D eigenvalue weighted by Crippen LogP contribution is -2.22. The Labute approximate surface area is 290 Å². The van der Waals surface area contributed by atoms with Gasteiger partial charge in [0.05, 0.1) is 46.4 Å². The lowest BCUT2D eigenvalue weighted by atomic mass is 9.93. The normalized spacial score (nSPS) is 17.8. The van der Waals surface area contributed by atoms with Crippen molar-refractivity contribution in [2.45, 2.75) is 57.5 Å². The van der Waals surface area contributed by atoms with Crippen LogP contribution in [-0.4, -0.2) is 44.6 Å². The average Bonchev–Trinajstić information content (AvgIpc) is 3.96. The molecule has 4 aromatic heterocycles. The first-order chi connectivity index (χ1) is 24.4. The third-order valence-corrected chi connectivity index (χ3v) is 11.3. The number of nitrogens with zero attached hydrogens (tertiary/aromatic N) is 5. The highest BCUT2D eigenvalue weighted by Gasteiger charge is 2.45. The fraction of sp³-hybridized carbons (Fsp3) is 0.289. The maximum Gasteiger partial charge on any atom is 0.257 e. The van der Waals surface area contributed by atoms with E-state index in [1.165, 1.54) is 30.6 Å². The van der Waals surface area contributed by atoms with Crippen LogP contribution in [0.1, 0.15) is 75.7 Å². The zero-order valence-corrected chi connectivity index (χ0v) is 28.2. The number of halogens is 2. The monoisotopic (exact) mass is 690 g/mol. The van der Waals surface area contributed by atoms with E-state index in [1.54, 1.807) is 37.4 Å². The third-order valence-electron chi connectivity index (χ3n) is 10.1. The second kappa shape index (κ2) is 12.0. The number of anilines is 1. The van der Waals surface area contributed by atoms with Gasteiger partial charge in [-0.05, 0) is 97.0 Å². The van der Waals surface area contributed by atoms with E-state index in [4.69, 9.17) is 19.1 Å². The Morgan fingerprint density at radius 2 is 1.90 bits per heavy atom. The number of rotatable bonds is 8. The number of methoxy groups -OCH3 is 1. The van der Waals surface area contributed by atoms with Crippen LogP contribution in [0.15, 0.2) is 59.1 Å². The Morgan fingerprint density at radius 3 is 2.70 bits per heavy atom. The van der Waals surface area contributed by atoms with Crippen molar-refractivity contribution < 1.29 is 22.7 Å². The maximum absolute atomic E-state index is 14.8. The molecule has 2 aliphatic heterocycles. The summed E-state index contributed by atoms with van der Waals surface area (Å²) in [6, 6.07) is 13.7. The molecule has 1 fully saturated rings. The summed E-state index contributed by atoms with van der Waals surface area (Å²) < 4.78 is 40.7. The van der Waals surface area contributed by atoms with Gasteiger partial charge in [-0.1, -0.05) is 12.1 Å². The number of thiophene rings is 1. The molecule has 1 saturated heterocycles. The Morgan fingerprint density at radius 1 is 1.04 bits per heavy atom. The summed E-state index contributed by atoms with van der Waals surface area (Å²) in [5.41, 5.74) is 6.42. The summed E-state index contributed by atoms with van der Waals surface area (Å²) >= 11 is 1.54. The molecule has 9 nitrogen and oxygen atoms in total. The lowest BCUT2D eigenvalue weighted by Gasteiger charge is -2.16. The number of benzene rings is 2. The number of aryl methyl sites for hydroxylation is 4. The molecule has 3 aliphatic rings. The fourth-order valence-electron chi connectivity index (χ4n) is 7.79. The number of pyridine rings is 2. The van der Waals surface area contributed by atoms with E-state index in [0.29, 0.717) is 48.1 Å². The third kappa shape index (κ3) is 5.03. The molecule has 2 aromatic carbocycles. The van der Waals surface area contributed by atoms with Crippen LogP contribution in [0.25, 0.3) is 32.0 Å². The van der Waals surface area contributed by atoms with Crippen molar-refractivity contribution in [2.24, 2.45) is 0 Å². The van der Waals surface area contributed by atoms with Crippen molar-refractivity contribution in [3.05, 3.63) is 106 Å². The van der Waals surface area contributed by atoms with Crippen molar-refractivity contribution in [3.63, 3.8) is 0 Å². The highest BCUT2D eigenvalue weighted by Crippen LogP contribution is 2.50. The van der Waals surface area contributed by atoms with E-state index >= 15 is 0 Å². The van der Waals surface area contributed by atoms with E-state index in [2.05, 4.69) is 21.6 Å². The molecule has 1 aliphatic carbocycles. The number of hydrogen-bond donors (Lipinski definition) is 1. The first-order valence-electron chi connectivity index (χ1n) is 16.8. The number of fused-ring (bicyclic) bond motifs is 5. The summed E-state index contributed by atoms with van der Waals surface area (Å²) in [6.45, 7) is 2.42. The molecule has 1 amide bonds. The molecule has 6 heterocycles. The van der Waals surface area contributed by atoms with Crippen LogP contribution in [0.3, 0.4) is 0 Å². The topological polar surface area (TPSA) is 106 Å². The second-order valence-corrected chi connectivity index (χ2v) is 14.1. The standard InChI is InChI=1S/C38H32F2N6O3S/c1-19-44-45-37(49-19)31-27(11-7-20-5-9-23(39)10-6-20)42-34-28-4-3-15-46(28)38(47)33(34)32(31)30-17-22-13-14-41-36(35(22)50-30)43-26-12-8-21-16-29(48-2)25(40)18-24(21)26/h5-6,9-10,13-14,16-18,26,28H,3-4,7-8,11-12,15H2,1-2H3,(H,41,43)/t26-,28-/m1/s1. The van der Waals surface area contributed by atoms with Crippen LogP contribution in [0.4, 0.5) is 14.6 Å². The van der Waals surface area contributed by atoms with Gasteiger partial charge in [-0.2, -0.15) is 0 Å². The number of nitrogens with one attached hydrogen (secondary N) is 1. The van der Waals surface area contributed by atoms with E-state index < -0.39 is 0 Å². The predicted octanol–water partition coefficient (Wildman–Crippen LogP) is 8.18. The molecule has 0 saturated carbocycles. The smallest absolute Gasteiger partial charge is 0.257 e. The molecular formula is C38H32F2N6O3S. The lowest BCUT2D eigenvalue weighted by molar-refractivity contribution is 0.0776. The van der Waals surface area contributed by atoms with E-state index in [9.17, 15) is 13.6 Å². The molecule has 9 rings (SSSR count). The molecule has 0 unspecified atom stereocenters. The Hall–Kier alpha value is -5.23. The molecule has 252 valence electrons. The minimum atomic E-state index is -0.389. The first-order valence-corrected chi connectivity index (χ1v) is 17.6. The maximum atomic E-state index is 14.8. The molecular weight excluding hydrogens is 659 g/mol. The van der Waals surface area contributed by atoms with Crippen LogP contribution in [0.2, 0.25) is 0 Å². The van der Waals surface area contributed by atoms with Crippen molar-refractivity contribution in [1.82, 2.24) is 25.1 Å². The quantitative estimate of drug-likeness (QED) is 0.171. The molecule has 0 spiro atoms. The van der Waals surface area contributed by atoms with Gasteiger partial charge in [-0.25, -0.2) is 13.8 Å². The van der Waals surface area contributed by atoms with Crippen LogP contribution < -0.4 is 10.1 Å². The molecule has 2 atom stereocenters. The van der Waals surface area contributed by atoms with E-state index in [1.807, 2.05) is 11.0 Å². The van der Waals surface area contributed by atoms with Crippen molar-refractivity contribution >= 4 is 33.1 Å². The minimum Gasteiger partial charge on any atom is -0.494 e. The van der Waals surface area contributed by atoms with Gasteiger partial charge in [-0.3, -0.25) is 9.78 Å². The summed E-state index contributed by atoms with van der Waals surface area (Å²) in [5, 5.41) is 13.2. The summed E-state index contributed by atoms with van der Waals surface area (Å²) in [5.74, 6) is 0.929. The van der Waals surface area contributed by atoms with Crippen LogP contribution in [0, 0.1) is 18.6 Å². The molecule has 1 N–H and O–H groups in total. The van der Waals surface area contributed by atoms with Gasteiger partial charge >= 0.3 is 0 Å². The van der Waals surface area contributed by atoms with Gasteiger partial charge in [0.1, 0.15) is 11.6 Å². The number of carbonyl (C=O) groups excluding carboxylic acids is 1. The summed E-state index contributed by atoms with van der Waals surface area (Å²) in [7, 11) is 1.48. The summed E-state index contributed by atoms with van der Waals surface area (Å²) in [4.78, 5) is 26.9. The number of aromatic nitrogens is 4. The van der Waals surface area contributed by atoms with E-state index in [0.717, 1.165) is 74.3 Å². The van der Waals surface area contributed by atoms with Gasteiger partial charge in [0.25, 0.3) is 5.91 Å². The van der Waals surface area contributed by atoms with Gasteiger partial charge in [0.2, 0.25) is 11.8 Å². The highest BCUT2D eigenvalue weighted by atomic mass is 32.1. The molecule has 12 heteroatoms. The summed E-state index contributed by atoms with van der Waals surface area (Å²) in [6.07, 6.45) is 6.25. The molecule has 0 bridgehead atoms. The van der Waals surface area contributed by atoms with Gasteiger partial charge in [0, 0.05) is 30.1 Å². The number of ether oxygens (including phenoxy) is 1. The highest BCUT2D eigenvalue weighted by molar-refractivity contribution is 7.23. The SMILES string of the molecule is COc1cc2c(cc1F)[C@H](Nc1nccc3cc(-c4c5c(nc(CCc6ccc(F)cc6)c4-c4nnc(C)o4)[C@H]4CCCN4C5=O)sc13)CC2. The van der Waals surface area contributed by atoms with Gasteiger partial charge in [-0.15, -0.1) is 21.5 Å². The zero-order chi connectivity index (χ0) is 34.1. The number of hydrogen-bond acceptors (Lipinski definition) is 9. The first kappa shape index (κ1) is 30.8. The Balaban J connectivity index is 1.19. The largest absolute Gasteiger partial charge is 0.494 e. The zero-order valence-electron chi connectivity index (χ0n) is 27.4. The minimum absolute atomic E-state index is 0.0403.